The Morgan fingerprint density at radius 3 is 2.69 bits per heavy atom. The fourth-order valence-electron chi connectivity index (χ4n) is 4.47. The third-order valence-electron chi connectivity index (χ3n) is 6.10. The van der Waals surface area contributed by atoms with Gasteiger partial charge in [-0.05, 0) is 49.7 Å². The highest BCUT2D eigenvalue weighted by atomic mass is 32.2. The molecule has 0 bridgehead atoms. The lowest BCUT2D eigenvalue weighted by Gasteiger charge is -2.40. The molecule has 166 valence electrons. The van der Waals surface area contributed by atoms with E-state index in [1.165, 1.54) is 22.3 Å². The van der Waals surface area contributed by atoms with Gasteiger partial charge in [-0.15, -0.1) is 0 Å². The molecule has 5 rings (SSSR count). The van der Waals surface area contributed by atoms with Crippen molar-refractivity contribution in [2.75, 3.05) is 24.5 Å². The molecule has 0 aliphatic carbocycles. The topological polar surface area (TPSA) is 88.7 Å². The van der Waals surface area contributed by atoms with Crippen LogP contribution >= 0.6 is 0 Å². The van der Waals surface area contributed by atoms with Crippen LogP contribution in [0.4, 0.5) is 5.69 Å². The standard InChI is InChI=1S/C23H24N4O4S/c1-15-5-4-6-17(11-15)27-10-9-26(13-16(27)2)32(29,30)18-7-8-20-19(12-18)22-21(23(28)31-20)24-14-25(22)3/h4-8,11-12,14,16H,9-10,13H2,1-3H3/t16-/m1/s1. The van der Waals surface area contributed by atoms with Gasteiger partial charge in [-0.1, -0.05) is 12.1 Å². The summed E-state index contributed by atoms with van der Waals surface area (Å²) in [7, 11) is -1.95. The van der Waals surface area contributed by atoms with Gasteiger partial charge in [0.05, 0.1) is 16.7 Å². The summed E-state index contributed by atoms with van der Waals surface area (Å²) < 4.78 is 35.6. The van der Waals surface area contributed by atoms with Crippen LogP contribution in [0.15, 0.2) is 62.9 Å². The Bertz CT molecular complexity index is 1510. The van der Waals surface area contributed by atoms with Gasteiger partial charge in [-0.2, -0.15) is 4.31 Å². The van der Waals surface area contributed by atoms with E-state index in [-0.39, 0.29) is 16.5 Å². The van der Waals surface area contributed by atoms with Crippen molar-refractivity contribution < 1.29 is 12.8 Å². The first-order valence-electron chi connectivity index (χ1n) is 10.5. The Kier molecular flexibility index (Phi) is 4.83. The van der Waals surface area contributed by atoms with Crippen molar-refractivity contribution in [1.29, 1.82) is 0 Å². The second kappa shape index (κ2) is 7.46. The van der Waals surface area contributed by atoms with Crippen LogP contribution < -0.4 is 10.5 Å². The number of hydrogen-bond acceptors (Lipinski definition) is 6. The molecule has 1 atom stereocenters. The molecule has 32 heavy (non-hydrogen) atoms. The van der Waals surface area contributed by atoms with E-state index in [2.05, 4.69) is 35.0 Å². The number of rotatable bonds is 3. The van der Waals surface area contributed by atoms with Crippen LogP contribution in [-0.2, 0) is 17.1 Å². The maximum absolute atomic E-state index is 13.5. The summed E-state index contributed by atoms with van der Waals surface area (Å²) in [4.78, 5) is 18.7. The van der Waals surface area contributed by atoms with Gasteiger partial charge in [0.25, 0.3) is 0 Å². The van der Waals surface area contributed by atoms with Gasteiger partial charge in [0.2, 0.25) is 10.0 Å². The molecule has 1 saturated heterocycles. The minimum atomic E-state index is -3.72. The van der Waals surface area contributed by atoms with E-state index < -0.39 is 15.6 Å². The van der Waals surface area contributed by atoms with E-state index in [4.69, 9.17) is 4.42 Å². The fraction of sp³-hybridized carbons (Fsp3) is 0.304. The van der Waals surface area contributed by atoms with E-state index in [0.29, 0.717) is 36.1 Å². The van der Waals surface area contributed by atoms with Crippen LogP contribution in [0, 0.1) is 6.92 Å². The molecule has 0 N–H and O–H groups in total. The molecule has 2 aromatic heterocycles. The fourth-order valence-corrected chi connectivity index (χ4v) is 6.01. The number of imidazole rings is 1. The predicted molar refractivity (Wildman–Crippen MR) is 124 cm³/mol. The summed E-state index contributed by atoms with van der Waals surface area (Å²) in [5.74, 6) is 0. The Balaban J connectivity index is 1.50. The van der Waals surface area contributed by atoms with Gasteiger partial charge in [0.15, 0.2) is 5.52 Å². The molecule has 8 nitrogen and oxygen atoms in total. The number of aryl methyl sites for hydroxylation is 2. The molecule has 0 saturated carbocycles. The monoisotopic (exact) mass is 452 g/mol. The second-order valence-corrected chi connectivity index (χ2v) is 10.3. The summed E-state index contributed by atoms with van der Waals surface area (Å²) in [5, 5.41) is 0.548. The summed E-state index contributed by atoms with van der Waals surface area (Å²) in [6.07, 6.45) is 1.52. The van der Waals surface area contributed by atoms with Gasteiger partial charge >= 0.3 is 5.63 Å². The number of fused-ring (bicyclic) bond motifs is 3. The van der Waals surface area contributed by atoms with Crippen LogP contribution in [0.5, 0.6) is 0 Å². The molecule has 1 fully saturated rings. The largest absolute Gasteiger partial charge is 0.421 e. The van der Waals surface area contributed by atoms with Crippen LogP contribution in [0.3, 0.4) is 0 Å². The zero-order valence-corrected chi connectivity index (χ0v) is 19.0. The molecule has 0 amide bonds. The molecule has 2 aromatic carbocycles. The first kappa shape index (κ1) is 20.7. The van der Waals surface area contributed by atoms with Gasteiger partial charge in [-0.25, -0.2) is 18.2 Å². The van der Waals surface area contributed by atoms with E-state index in [1.807, 2.05) is 13.0 Å². The number of hydrogen-bond donors (Lipinski definition) is 0. The minimum absolute atomic E-state index is 0.0302. The maximum atomic E-state index is 13.5. The number of aromatic nitrogens is 2. The lowest BCUT2D eigenvalue weighted by atomic mass is 10.1. The number of anilines is 1. The zero-order valence-electron chi connectivity index (χ0n) is 18.1. The minimum Gasteiger partial charge on any atom is -0.421 e. The van der Waals surface area contributed by atoms with Gasteiger partial charge in [0, 0.05) is 43.8 Å². The third kappa shape index (κ3) is 3.28. The summed E-state index contributed by atoms with van der Waals surface area (Å²) in [6, 6.07) is 12.9. The van der Waals surface area contributed by atoms with E-state index in [9.17, 15) is 13.2 Å². The molecule has 4 aromatic rings. The second-order valence-electron chi connectivity index (χ2n) is 8.34. The molecular weight excluding hydrogens is 428 g/mol. The van der Waals surface area contributed by atoms with E-state index in [0.717, 1.165) is 5.69 Å². The average Bonchev–Trinajstić information content (AvgIpc) is 3.16. The molecular formula is C23H24N4O4S. The highest BCUT2D eigenvalue weighted by Crippen LogP contribution is 2.29. The smallest absolute Gasteiger partial charge is 0.364 e. The van der Waals surface area contributed by atoms with Crippen molar-refractivity contribution in [3.8, 4) is 0 Å². The van der Waals surface area contributed by atoms with Crippen molar-refractivity contribution >= 4 is 37.7 Å². The van der Waals surface area contributed by atoms with Crippen molar-refractivity contribution in [2.45, 2.75) is 24.8 Å². The molecule has 1 aliphatic rings. The van der Waals surface area contributed by atoms with E-state index >= 15 is 0 Å². The zero-order chi connectivity index (χ0) is 22.6. The molecule has 1 aliphatic heterocycles. The number of sulfonamides is 1. The van der Waals surface area contributed by atoms with Crippen LogP contribution in [-0.4, -0.2) is 48.0 Å². The average molecular weight is 453 g/mol. The van der Waals surface area contributed by atoms with Crippen molar-refractivity contribution in [2.24, 2.45) is 7.05 Å². The van der Waals surface area contributed by atoms with Crippen molar-refractivity contribution in [1.82, 2.24) is 13.9 Å². The van der Waals surface area contributed by atoms with Crippen molar-refractivity contribution in [3.05, 3.63) is 64.8 Å². The highest BCUT2D eigenvalue weighted by molar-refractivity contribution is 7.89. The Hall–Kier alpha value is -3.17. The van der Waals surface area contributed by atoms with Crippen LogP contribution in [0.2, 0.25) is 0 Å². The lowest BCUT2D eigenvalue weighted by molar-refractivity contribution is 0.342. The molecule has 0 radical (unpaired) electrons. The summed E-state index contributed by atoms with van der Waals surface area (Å²) in [5.41, 5.74) is 2.83. The summed E-state index contributed by atoms with van der Waals surface area (Å²) >= 11 is 0. The Labute approximate surface area is 185 Å². The lowest BCUT2D eigenvalue weighted by Crippen LogP contribution is -2.53. The van der Waals surface area contributed by atoms with Crippen LogP contribution in [0.25, 0.3) is 22.0 Å². The highest BCUT2D eigenvalue weighted by Gasteiger charge is 2.33. The maximum Gasteiger partial charge on any atom is 0.364 e. The normalized spacial score (nSPS) is 18.0. The number of piperazine rings is 1. The number of benzene rings is 2. The SMILES string of the molecule is Cc1cccc(N2CCN(S(=O)(=O)c3ccc4oc(=O)c5ncn(C)c5c4c3)C[C@H]2C)c1. The van der Waals surface area contributed by atoms with Gasteiger partial charge < -0.3 is 13.9 Å². The molecule has 0 unspecified atom stereocenters. The van der Waals surface area contributed by atoms with Crippen molar-refractivity contribution in [3.63, 3.8) is 0 Å². The first-order valence-corrected chi connectivity index (χ1v) is 11.9. The Morgan fingerprint density at radius 1 is 1.12 bits per heavy atom. The Morgan fingerprint density at radius 2 is 1.94 bits per heavy atom. The molecule has 3 heterocycles. The van der Waals surface area contributed by atoms with E-state index in [1.54, 1.807) is 23.7 Å². The van der Waals surface area contributed by atoms with Gasteiger partial charge in [0.1, 0.15) is 5.58 Å². The number of nitrogens with zero attached hydrogens (tertiary/aromatic N) is 4. The quantitative estimate of drug-likeness (QED) is 0.444. The van der Waals surface area contributed by atoms with Gasteiger partial charge in [-0.3, -0.25) is 0 Å². The van der Waals surface area contributed by atoms with Crippen LogP contribution in [0.1, 0.15) is 12.5 Å². The summed E-state index contributed by atoms with van der Waals surface area (Å²) in [6.45, 7) is 5.48. The predicted octanol–water partition coefficient (Wildman–Crippen LogP) is 2.89. The first-order chi connectivity index (χ1) is 15.3. The molecule has 0 spiro atoms. The molecule has 9 heteroatoms. The third-order valence-corrected chi connectivity index (χ3v) is 7.96.